The zero-order valence-corrected chi connectivity index (χ0v) is 11.6. The number of nitrogens with one attached hydrogen (secondary N) is 1. The molecule has 0 aliphatic heterocycles. The maximum absolute atomic E-state index is 12.4. The van der Waals surface area contributed by atoms with Crippen molar-refractivity contribution in [1.82, 2.24) is 9.97 Å². The number of imidazole rings is 1. The van der Waals surface area contributed by atoms with Crippen molar-refractivity contribution in [3.63, 3.8) is 0 Å². The molecular formula is C11H7Cl2F3N2S. The Morgan fingerprint density at radius 2 is 1.79 bits per heavy atom. The van der Waals surface area contributed by atoms with E-state index < -0.39 is 11.7 Å². The van der Waals surface area contributed by atoms with Crippen LogP contribution in [0.5, 0.6) is 0 Å². The third-order valence-corrected chi connectivity index (χ3v) is 3.84. The number of thioether (sulfide) groups is 1. The second kappa shape index (κ2) is 5.64. The van der Waals surface area contributed by atoms with Gasteiger partial charge in [0.15, 0.2) is 10.3 Å². The van der Waals surface area contributed by atoms with E-state index in [9.17, 15) is 13.2 Å². The van der Waals surface area contributed by atoms with Gasteiger partial charge in [0.2, 0.25) is 0 Å². The van der Waals surface area contributed by atoms with E-state index in [-0.39, 0.29) is 10.3 Å². The van der Waals surface area contributed by atoms with E-state index in [0.717, 1.165) is 17.7 Å². The van der Waals surface area contributed by atoms with Crippen LogP contribution in [0.1, 0.15) is 11.1 Å². The average molecular weight is 327 g/mol. The zero-order chi connectivity index (χ0) is 14.0. The highest BCUT2D eigenvalue weighted by atomic mass is 35.5. The van der Waals surface area contributed by atoms with Crippen LogP contribution in [0, 0.1) is 0 Å². The van der Waals surface area contributed by atoms with Crippen LogP contribution in [-0.4, -0.2) is 9.97 Å². The number of aromatic amines is 1. The number of hydrogen-bond donors (Lipinski definition) is 1. The lowest BCUT2D eigenvalue weighted by atomic mass is 10.1. The number of nitrogens with zero attached hydrogens (tertiary/aromatic N) is 1. The number of hydrogen-bond acceptors (Lipinski definition) is 2. The molecule has 1 N–H and O–H groups in total. The van der Waals surface area contributed by atoms with E-state index >= 15 is 0 Å². The Balaban J connectivity index is 2.00. The highest BCUT2D eigenvalue weighted by Gasteiger charge is 2.29. The third-order valence-electron chi connectivity index (χ3n) is 2.25. The Morgan fingerprint density at radius 3 is 2.26 bits per heavy atom. The van der Waals surface area contributed by atoms with Crippen LogP contribution in [-0.2, 0) is 11.9 Å². The smallest absolute Gasteiger partial charge is 0.323 e. The van der Waals surface area contributed by atoms with Gasteiger partial charge in [-0.05, 0) is 17.7 Å². The lowest BCUT2D eigenvalue weighted by Gasteiger charge is -2.07. The van der Waals surface area contributed by atoms with Gasteiger partial charge < -0.3 is 4.98 Å². The first kappa shape index (κ1) is 14.6. The molecule has 0 unspecified atom stereocenters. The van der Waals surface area contributed by atoms with Crippen LogP contribution in [0.2, 0.25) is 10.3 Å². The van der Waals surface area contributed by atoms with E-state index in [4.69, 9.17) is 23.2 Å². The molecular weight excluding hydrogens is 320 g/mol. The van der Waals surface area contributed by atoms with Gasteiger partial charge in [0.05, 0.1) is 5.56 Å². The summed E-state index contributed by atoms with van der Waals surface area (Å²) >= 11 is 12.7. The third kappa shape index (κ3) is 3.81. The number of alkyl halides is 3. The lowest BCUT2D eigenvalue weighted by molar-refractivity contribution is -0.137. The van der Waals surface area contributed by atoms with E-state index in [1.54, 1.807) is 0 Å². The van der Waals surface area contributed by atoms with Crippen molar-refractivity contribution in [2.45, 2.75) is 17.1 Å². The van der Waals surface area contributed by atoms with Gasteiger partial charge in [-0.1, -0.05) is 47.1 Å². The monoisotopic (exact) mass is 326 g/mol. The number of rotatable bonds is 3. The Morgan fingerprint density at radius 1 is 1.16 bits per heavy atom. The summed E-state index contributed by atoms with van der Waals surface area (Å²) in [6.07, 6.45) is -4.31. The molecule has 1 heterocycles. The molecule has 0 bridgehead atoms. The van der Waals surface area contributed by atoms with Crippen molar-refractivity contribution in [1.29, 1.82) is 0 Å². The maximum Gasteiger partial charge on any atom is 0.416 e. The van der Waals surface area contributed by atoms with E-state index in [1.807, 2.05) is 0 Å². The minimum Gasteiger partial charge on any atom is -0.323 e. The first-order chi connectivity index (χ1) is 8.86. The van der Waals surface area contributed by atoms with Crippen molar-refractivity contribution in [2.24, 2.45) is 0 Å². The molecule has 0 radical (unpaired) electrons. The SMILES string of the molecule is FC(F)(F)c1ccc(CSc2nc(Cl)c(Cl)[nH]2)cc1. The molecule has 0 amide bonds. The molecule has 0 atom stereocenters. The fourth-order valence-electron chi connectivity index (χ4n) is 1.32. The summed E-state index contributed by atoms with van der Waals surface area (Å²) < 4.78 is 37.1. The molecule has 2 rings (SSSR count). The molecule has 0 fully saturated rings. The van der Waals surface area contributed by atoms with Crippen molar-refractivity contribution in [3.05, 3.63) is 45.7 Å². The molecule has 0 aliphatic carbocycles. The van der Waals surface area contributed by atoms with Crippen LogP contribution >= 0.6 is 35.0 Å². The molecule has 2 nitrogen and oxygen atoms in total. The lowest BCUT2D eigenvalue weighted by Crippen LogP contribution is -2.04. The van der Waals surface area contributed by atoms with Gasteiger partial charge in [-0.2, -0.15) is 13.2 Å². The quantitative estimate of drug-likeness (QED) is 0.801. The first-order valence-corrected chi connectivity index (χ1v) is 6.80. The van der Waals surface area contributed by atoms with Crippen molar-refractivity contribution in [2.75, 3.05) is 0 Å². The highest BCUT2D eigenvalue weighted by molar-refractivity contribution is 7.98. The summed E-state index contributed by atoms with van der Waals surface area (Å²) in [5.41, 5.74) is 0.0898. The van der Waals surface area contributed by atoms with Crippen LogP contribution in [0.15, 0.2) is 29.4 Å². The topological polar surface area (TPSA) is 28.7 Å². The fraction of sp³-hybridized carbons (Fsp3) is 0.182. The zero-order valence-electron chi connectivity index (χ0n) is 9.26. The Bertz CT molecular complexity index is 547. The van der Waals surface area contributed by atoms with Gasteiger partial charge >= 0.3 is 6.18 Å². The normalized spacial score (nSPS) is 11.8. The van der Waals surface area contributed by atoms with E-state index in [2.05, 4.69) is 9.97 Å². The standard InChI is InChI=1S/C11H7Cl2F3N2S/c12-8-9(13)18-10(17-8)19-5-6-1-3-7(4-2-6)11(14,15)16/h1-4H,5H2,(H,17,18). The minimum absolute atomic E-state index is 0.177. The predicted molar refractivity (Wildman–Crippen MR) is 69.6 cm³/mol. The largest absolute Gasteiger partial charge is 0.416 e. The summed E-state index contributed by atoms with van der Waals surface area (Å²) in [6, 6.07) is 4.97. The van der Waals surface area contributed by atoms with Crippen molar-refractivity contribution < 1.29 is 13.2 Å². The van der Waals surface area contributed by atoms with Crippen LogP contribution < -0.4 is 0 Å². The van der Waals surface area contributed by atoms with Crippen LogP contribution in [0.3, 0.4) is 0 Å². The molecule has 8 heteroatoms. The molecule has 2 aromatic rings. The van der Waals surface area contributed by atoms with Gasteiger partial charge in [-0.15, -0.1) is 0 Å². The van der Waals surface area contributed by atoms with Crippen molar-refractivity contribution in [3.8, 4) is 0 Å². The Kier molecular flexibility index (Phi) is 4.32. The molecule has 0 saturated carbocycles. The first-order valence-electron chi connectivity index (χ1n) is 5.06. The molecule has 1 aromatic heterocycles. The summed E-state index contributed by atoms with van der Waals surface area (Å²) in [4.78, 5) is 6.70. The molecule has 0 aliphatic rings. The minimum atomic E-state index is -4.31. The number of aromatic nitrogens is 2. The number of H-pyrrole nitrogens is 1. The molecule has 1 aromatic carbocycles. The molecule has 0 spiro atoms. The van der Waals surface area contributed by atoms with Gasteiger partial charge in [0, 0.05) is 5.75 Å². The Labute approximate surface area is 121 Å². The second-order valence-electron chi connectivity index (χ2n) is 3.63. The molecule has 102 valence electrons. The summed E-state index contributed by atoms with van der Waals surface area (Å²) in [6.45, 7) is 0. The van der Waals surface area contributed by atoms with Gasteiger partial charge in [-0.25, -0.2) is 4.98 Å². The average Bonchev–Trinajstić information content (AvgIpc) is 2.66. The summed E-state index contributed by atoms with van der Waals surface area (Å²) in [7, 11) is 0. The summed E-state index contributed by atoms with van der Waals surface area (Å²) in [5, 5.41) is 0.947. The summed E-state index contributed by atoms with van der Waals surface area (Å²) in [5.74, 6) is 0.471. The Hall–Kier alpha value is -0.850. The van der Waals surface area contributed by atoms with Gasteiger partial charge in [0.1, 0.15) is 5.15 Å². The van der Waals surface area contributed by atoms with Crippen molar-refractivity contribution >= 4 is 35.0 Å². The van der Waals surface area contributed by atoms with Crippen LogP contribution in [0.25, 0.3) is 0 Å². The van der Waals surface area contributed by atoms with Crippen LogP contribution in [0.4, 0.5) is 13.2 Å². The van der Waals surface area contributed by atoms with Gasteiger partial charge in [0.25, 0.3) is 0 Å². The van der Waals surface area contributed by atoms with Gasteiger partial charge in [-0.3, -0.25) is 0 Å². The molecule has 0 saturated heterocycles. The number of halogens is 5. The second-order valence-corrected chi connectivity index (χ2v) is 5.33. The van der Waals surface area contributed by atoms with E-state index in [0.29, 0.717) is 10.9 Å². The maximum atomic E-state index is 12.4. The van der Waals surface area contributed by atoms with E-state index in [1.165, 1.54) is 23.9 Å². The highest BCUT2D eigenvalue weighted by Crippen LogP contribution is 2.30. The molecule has 19 heavy (non-hydrogen) atoms. The fourth-order valence-corrected chi connectivity index (χ4v) is 2.52. The number of benzene rings is 1. The predicted octanol–water partition coefficient (Wildman–Crippen LogP) is 5.03.